The Labute approximate surface area is 161 Å². The first kappa shape index (κ1) is 20.8. The maximum atomic E-state index is 5.71. The molecular formula is C20H31N5O2. The fourth-order valence-electron chi connectivity index (χ4n) is 2.71. The van der Waals surface area contributed by atoms with Gasteiger partial charge in [0.15, 0.2) is 5.96 Å². The van der Waals surface area contributed by atoms with Gasteiger partial charge in [0.1, 0.15) is 12.4 Å². The van der Waals surface area contributed by atoms with Gasteiger partial charge < -0.3 is 20.1 Å². The summed E-state index contributed by atoms with van der Waals surface area (Å²) in [5.41, 5.74) is 3.30. The smallest absolute Gasteiger partial charge is 0.191 e. The lowest BCUT2D eigenvalue weighted by molar-refractivity contribution is 0.182. The maximum Gasteiger partial charge on any atom is 0.191 e. The zero-order chi connectivity index (χ0) is 19.5. The first-order valence-electron chi connectivity index (χ1n) is 9.37. The Morgan fingerprint density at radius 3 is 2.63 bits per heavy atom. The van der Waals surface area contributed by atoms with Gasteiger partial charge in [-0.25, -0.2) is 4.99 Å². The van der Waals surface area contributed by atoms with Crippen LogP contribution in [0, 0.1) is 13.8 Å². The standard InChI is InChI=1S/C20H31N5O2/c1-5-21-20(22-11-13-27-18-9-7-6-8-10-18)23-15-19-16(2)24-25(17(19)3)12-14-26-4/h6-10H,5,11-15H2,1-4H3,(H2,21,22,23). The van der Waals surface area contributed by atoms with Crippen molar-refractivity contribution in [3.8, 4) is 5.75 Å². The number of rotatable bonds is 10. The molecule has 0 unspecified atom stereocenters. The second kappa shape index (κ2) is 11.2. The van der Waals surface area contributed by atoms with Crippen LogP contribution in [0.5, 0.6) is 5.75 Å². The number of hydrogen-bond donors (Lipinski definition) is 2. The Kier molecular flexibility index (Phi) is 8.64. The molecule has 1 aromatic heterocycles. The molecule has 0 saturated heterocycles. The molecule has 27 heavy (non-hydrogen) atoms. The predicted octanol–water partition coefficient (Wildman–Crippen LogP) is 2.28. The minimum Gasteiger partial charge on any atom is -0.492 e. The van der Waals surface area contributed by atoms with Crippen molar-refractivity contribution in [1.82, 2.24) is 20.4 Å². The van der Waals surface area contributed by atoms with E-state index in [0.717, 1.165) is 41.7 Å². The molecule has 7 nitrogen and oxygen atoms in total. The van der Waals surface area contributed by atoms with E-state index in [0.29, 0.717) is 26.3 Å². The van der Waals surface area contributed by atoms with Gasteiger partial charge in [0.05, 0.1) is 31.9 Å². The second-order valence-electron chi connectivity index (χ2n) is 6.15. The summed E-state index contributed by atoms with van der Waals surface area (Å²) >= 11 is 0. The SMILES string of the molecule is CCNC(=NCc1c(C)nn(CCOC)c1C)NCCOc1ccccc1. The molecule has 7 heteroatoms. The van der Waals surface area contributed by atoms with Crippen LogP contribution in [0.2, 0.25) is 0 Å². The lowest BCUT2D eigenvalue weighted by atomic mass is 10.2. The summed E-state index contributed by atoms with van der Waals surface area (Å²) in [4.78, 5) is 4.70. The first-order chi connectivity index (χ1) is 13.2. The summed E-state index contributed by atoms with van der Waals surface area (Å²) in [7, 11) is 1.70. The molecule has 0 aliphatic carbocycles. The van der Waals surface area contributed by atoms with Gasteiger partial charge in [-0.2, -0.15) is 5.10 Å². The Hall–Kier alpha value is -2.54. The molecule has 1 aromatic carbocycles. The number of aromatic nitrogens is 2. The molecule has 0 spiro atoms. The number of nitrogens with one attached hydrogen (secondary N) is 2. The number of guanidine groups is 1. The molecule has 0 amide bonds. The number of aryl methyl sites for hydroxylation is 1. The highest BCUT2D eigenvalue weighted by Crippen LogP contribution is 2.14. The molecule has 0 atom stereocenters. The number of para-hydroxylation sites is 1. The van der Waals surface area contributed by atoms with Crippen molar-refractivity contribution in [2.45, 2.75) is 33.9 Å². The van der Waals surface area contributed by atoms with Crippen LogP contribution in [0.3, 0.4) is 0 Å². The molecule has 1 heterocycles. The van der Waals surface area contributed by atoms with Crippen molar-refractivity contribution in [3.63, 3.8) is 0 Å². The van der Waals surface area contributed by atoms with E-state index in [9.17, 15) is 0 Å². The van der Waals surface area contributed by atoms with E-state index in [-0.39, 0.29) is 0 Å². The van der Waals surface area contributed by atoms with E-state index < -0.39 is 0 Å². The molecule has 148 valence electrons. The molecule has 2 aromatic rings. The first-order valence-corrected chi connectivity index (χ1v) is 9.37. The molecule has 0 bridgehead atoms. The van der Waals surface area contributed by atoms with Gasteiger partial charge in [-0.15, -0.1) is 0 Å². The van der Waals surface area contributed by atoms with E-state index in [1.54, 1.807) is 7.11 Å². The van der Waals surface area contributed by atoms with Gasteiger partial charge in [0.2, 0.25) is 0 Å². The summed E-state index contributed by atoms with van der Waals surface area (Å²) in [5, 5.41) is 11.2. The van der Waals surface area contributed by atoms with Crippen LogP contribution in [0.15, 0.2) is 35.3 Å². The van der Waals surface area contributed by atoms with Gasteiger partial charge in [-0.1, -0.05) is 18.2 Å². The minimum atomic E-state index is 0.571. The van der Waals surface area contributed by atoms with E-state index in [2.05, 4.69) is 29.6 Å². The molecule has 0 saturated carbocycles. The lowest BCUT2D eigenvalue weighted by Crippen LogP contribution is -2.39. The molecule has 0 radical (unpaired) electrons. The number of benzene rings is 1. The summed E-state index contributed by atoms with van der Waals surface area (Å²) in [6.45, 7) is 10.2. The third-order valence-electron chi connectivity index (χ3n) is 4.18. The van der Waals surface area contributed by atoms with Crippen molar-refractivity contribution in [3.05, 3.63) is 47.3 Å². The van der Waals surface area contributed by atoms with Crippen LogP contribution in [-0.4, -0.2) is 49.2 Å². The summed E-state index contributed by atoms with van der Waals surface area (Å²) in [6, 6.07) is 9.80. The van der Waals surface area contributed by atoms with Crippen molar-refractivity contribution in [1.29, 1.82) is 0 Å². The average molecular weight is 374 g/mol. The van der Waals surface area contributed by atoms with Gasteiger partial charge in [0.25, 0.3) is 0 Å². The predicted molar refractivity (Wildman–Crippen MR) is 108 cm³/mol. The highest BCUT2D eigenvalue weighted by molar-refractivity contribution is 5.79. The Morgan fingerprint density at radius 2 is 1.93 bits per heavy atom. The summed E-state index contributed by atoms with van der Waals surface area (Å²) in [6.07, 6.45) is 0. The van der Waals surface area contributed by atoms with Crippen molar-refractivity contribution >= 4 is 5.96 Å². The van der Waals surface area contributed by atoms with Crippen molar-refractivity contribution in [2.24, 2.45) is 4.99 Å². The molecule has 2 rings (SSSR count). The van der Waals surface area contributed by atoms with Gasteiger partial charge in [-0.05, 0) is 32.9 Å². The number of methoxy groups -OCH3 is 1. The quantitative estimate of drug-likeness (QED) is 0.380. The van der Waals surface area contributed by atoms with Crippen LogP contribution < -0.4 is 15.4 Å². The molecule has 2 N–H and O–H groups in total. The monoisotopic (exact) mass is 373 g/mol. The van der Waals surface area contributed by atoms with Crippen LogP contribution in [-0.2, 0) is 17.8 Å². The van der Waals surface area contributed by atoms with Crippen LogP contribution in [0.25, 0.3) is 0 Å². The number of hydrogen-bond acceptors (Lipinski definition) is 4. The molecular weight excluding hydrogens is 342 g/mol. The average Bonchev–Trinajstić information content (AvgIpc) is 2.95. The topological polar surface area (TPSA) is 72.7 Å². The fourth-order valence-corrected chi connectivity index (χ4v) is 2.71. The van der Waals surface area contributed by atoms with E-state index >= 15 is 0 Å². The van der Waals surface area contributed by atoms with Gasteiger partial charge in [-0.3, -0.25) is 4.68 Å². The van der Waals surface area contributed by atoms with Crippen LogP contribution in [0.4, 0.5) is 0 Å². The Bertz CT molecular complexity index is 713. The van der Waals surface area contributed by atoms with Crippen molar-refractivity contribution in [2.75, 3.05) is 33.4 Å². The Morgan fingerprint density at radius 1 is 1.15 bits per heavy atom. The Balaban J connectivity index is 1.90. The summed E-state index contributed by atoms with van der Waals surface area (Å²) in [5.74, 6) is 1.65. The minimum absolute atomic E-state index is 0.571. The number of nitrogens with zero attached hydrogens (tertiary/aromatic N) is 3. The number of ether oxygens (including phenoxy) is 2. The van der Waals surface area contributed by atoms with Gasteiger partial charge in [0, 0.05) is 24.9 Å². The van der Waals surface area contributed by atoms with Crippen molar-refractivity contribution < 1.29 is 9.47 Å². The fraction of sp³-hybridized carbons (Fsp3) is 0.500. The zero-order valence-electron chi connectivity index (χ0n) is 16.8. The van der Waals surface area contributed by atoms with E-state index in [1.165, 1.54) is 0 Å². The normalized spacial score (nSPS) is 11.5. The lowest BCUT2D eigenvalue weighted by Gasteiger charge is -2.12. The maximum absolute atomic E-state index is 5.71. The molecule has 0 aliphatic rings. The van der Waals surface area contributed by atoms with Crippen LogP contribution >= 0.6 is 0 Å². The van der Waals surface area contributed by atoms with Crippen LogP contribution in [0.1, 0.15) is 23.9 Å². The zero-order valence-corrected chi connectivity index (χ0v) is 16.8. The second-order valence-corrected chi connectivity index (χ2v) is 6.15. The molecule has 0 fully saturated rings. The van der Waals surface area contributed by atoms with E-state index in [1.807, 2.05) is 41.9 Å². The van der Waals surface area contributed by atoms with Gasteiger partial charge >= 0.3 is 0 Å². The highest BCUT2D eigenvalue weighted by Gasteiger charge is 2.11. The number of aliphatic imine (C=N–C) groups is 1. The third-order valence-corrected chi connectivity index (χ3v) is 4.18. The largest absolute Gasteiger partial charge is 0.492 e. The molecule has 0 aliphatic heterocycles. The summed E-state index contributed by atoms with van der Waals surface area (Å²) < 4.78 is 12.8. The third kappa shape index (κ3) is 6.60. The highest BCUT2D eigenvalue weighted by atomic mass is 16.5. The van der Waals surface area contributed by atoms with E-state index in [4.69, 9.17) is 14.5 Å².